The van der Waals surface area contributed by atoms with E-state index in [-0.39, 0.29) is 17.6 Å². The number of nitrogens with zero attached hydrogens (tertiary/aromatic N) is 3. The molecule has 2 aromatic rings. The quantitative estimate of drug-likeness (QED) is 0.870. The Morgan fingerprint density at radius 1 is 1.35 bits per heavy atom. The first-order valence-corrected chi connectivity index (χ1v) is 7.79. The van der Waals surface area contributed by atoms with Crippen LogP contribution in [0.15, 0.2) is 36.5 Å². The Labute approximate surface area is 134 Å². The molecule has 1 amide bonds. The van der Waals surface area contributed by atoms with E-state index in [1.54, 1.807) is 36.1 Å². The standard InChI is InChI=1S/C17H20FN3O2/c1-20-16(8-9-19-20)17(22)21-10-2-3-13(11-21)12-23-15-6-4-14(18)5-7-15/h4-9,13H,2-3,10-12H2,1H3/t13-/m1/s1. The van der Waals surface area contributed by atoms with E-state index in [4.69, 9.17) is 4.74 Å². The second kappa shape index (κ2) is 6.81. The molecular weight excluding hydrogens is 297 g/mol. The minimum Gasteiger partial charge on any atom is -0.493 e. The molecule has 1 aliphatic rings. The number of hydrogen-bond acceptors (Lipinski definition) is 3. The van der Waals surface area contributed by atoms with E-state index >= 15 is 0 Å². The second-order valence-corrected chi connectivity index (χ2v) is 5.86. The Bertz CT molecular complexity index is 669. The van der Waals surface area contributed by atoms with Crippen LogP contribution in [0.2, 0.25) is 0 Å². The van der Waals surface area contributed by atoms with Crippen LogP contribution in [0.4, 0.5) is 4.39 Å². The fraction of sp³-hybridized carbons (Fsp3) is 0.412. The fourth-order valence-corrected chi connectivity index (χ4v) is 2.88. The molecule has 3 rings (SSSR count). The summed E-state index contributed by atoms with van der Waals surface area (Å²) in [5, 5.41) is 4.05. The van der Waals surface area contributed by atoms with Crippen molar-refractivity contribution in [3.8, 4) is 5.75 Å². The molecule has 0 aliphatic carbocycles. The minimum atomic E-state index is -0.275. The average Bonchev–Trinajstić information content (AvgIpc) is 3.00. The van der Waals surface area contributed by atoms with Crippen molar-refractivity contribution < 1.29 is 13.9 Å². The maximum Gasteiger partial charge on any atom is 0.272 e. The number of carbonyl (C=O) groups is 1. The first-order valence-electron chi connectivity index (χ1n) is 7.79. The van der Waals surface area contributed by atoms with Crippen molar-refractivity contribution in [1.29, 1.82) is 0 Å². The Morgan fingerprint density at radius 3 is 2.83 bits per heavy atom. The lowest BCUT2D eigenvalue weighted by Gasteiger charge is -2.32. The van der Waals surface area contributed by atoms with Gasteiger partial charge in [0.2, 0.25) is 0 Å². The van der Waals surface area contributed by atoms with Gasteiger partial charge in [-0.3, -0.25) is 9.48 Å². The van der Waals surface area contributed by atoms with Crippen molar-refractivity contribution in [2.24, 2.45) is 13.0 Å². The third-order valence-corrected chi connectivity index (χ3v) is 4.15. The van der Waals surface area contributed by atoms with Gasteiger partial charge in [-0.25, -0.2) is 4.39 Å². The lowest BCUT2D eigenvalue weighted by atomic mass is 9.98. The highest BCUT2D eigenvalue weighted by molar-refractivity contribution is 5.92. The van der Waals surface area contributed by atoms with Crippen LogP contribution in [0.5, 0.6) is 5.75 Å². The largest absolute Gasteiger partial charge is 0.493 e. The monoisotopic (exact) mass is 317 g/mol. The average molecular weight is 317 g/mol. The highest BCUT2D eigenvalue weighted by atomic mass is 19.1. The number of hydrogen-bond donors (Lipinski definition) is 0. The van der Waals surface area contributed by atoms with Gasteiger partial charge in [-0.15, -0.1) is 0 Å². The van der Waals surface area contributed by atoms with E-state index < -0.39 is 0 Å². The molecule has 1 aromatic heterocycles. The van der Waals surface area contributed by atoms with Gasteiger partial charge in [-0.2, -0.15) is 5.10 Å². The van der Waals surface area contributed by atoms with E-state index in [1.165, 1.54) is 12.1 Å². The second-order valence-electron chi connectivity index (χ2n) is 5.86. The van der Waals surface area contributed by atoms with Gasteiger partial charge in [0.15, 0.2) is 0 Å². The van der Waals surface area contributed by atoms with Crippen molar-refractivity contribution in [1.82, 2.24) is 14.7 Å². The molecule has 1 aromatic carbocycles. The Hall–Kier alpha value is -2.37. The number of halogens is 1. The summed E-state index contributed by atoms with van der Waals surface area (Å²) in [6.07, 6.45) is 3.61. The molecule has 1 aliphatic heterocycles. The van der Waals surface area contributed by atoms with Crippen molar-refractivity contribution >= 4 is 5.91 Å². The molecular formula is C17H20FN3O2. The maximum absolute atomic E-state index is 12.9. The van der Waals surface area contributed by atoms with Gasteiger partial charge in [-0.05, 0) is 43.2 Å². The maximum atomic E-state index is 12.9. The van der Waals surface area contributed by atoms with Gasteiger partial charge in [-0.1, -0.05) is 0 Å². The van der Waals surface area contributed by atoms with Gasteiger partial charge in [0.25, 0.3) is 5.91 Å². The predicted octanol–water partition coefficient (Wildman–Crippen LogP) is 2.49. The van der Waals surface area contributed by atoms with E-state index in [2.05, 4.69) is 5.10 Å². The topological polar surface area (TPSA) is 47.4 Å². The first-order chi connectivity index (χ1) is 11.1. The minimum absolute atomic E-state index is 0.0106. The summed E-state index contributed by atoms with van der Waals surface area (Å²) in [4.78, 5) is 14.4. The Balaban J connectivity index is 1.57. The van der Waals surface area contributed by atoms with Crippen molar-refractivity contribution in [3.05, 3.63) is 48.0 Å². The molecule has 122 valence electrons. The molecule has 6 heteroatoms. The number of aryl methyl sites for hydroxylation is 1. The Kier molecular flexibility index (Phi) is 4.60. The molecule has 23 heavy (non-hydrogen) atoms. The first kappa shape index (κ1) is 15.5. The van der Waals surface area contributed by atoms with Gasteiger partial charge >= 0.3 is 0 Å². The lowest BCUT2D eigenvalue weighted by molar-refractivity contribution is 0.0622. The molecule has 1 atom stereocenters. The third-order valence-electron chi connectivity index (χ3n) is 4.15. The number of carbonyl (C=O) groups excluding carboxylic acids is 1. The lowest BCUT2D eigenvalue weighted by Crippen LogP contribution is -2.42. The molecule has 0 N–H and O–H groups in total. The summed E-state index contributed by atoms with van der Waals surface area (Å²) in [7, 11) is 1.77. The van der Waals surface area contributed by atoms with Gasteiger partial charge in [0.05, 0.1) is 6.61 Å². The van der Waals surface area contributed by atoms with Crippen LogP contribution in [0.25, 0.3) is 0 Å². The van der Waals surface area contributed by atoms with Crippen molar-refractivity contribution in [2.75, 3.05) is 19.7 Å². The summed E-state index contributed by atoms with van der Waals surface area (Å²) >= 11 is 0. The van der Waals surface area contributed by atoms with Crippen molar-refractivity contribution in [3.63, 3.8) is 0 Å². The van der Waals surface area contributed by atoms with E-state index in [9.17, 15) is 9.18 Å². The number of rotatable bonds is 4. The molecule has 2 heterocycles. The number of aromatic nitrogens is 2. The highest BCUT2D eigenvalue weighted by Crippen LogP contribution is 2.20. The number of likely N-dealkylation sites (tertiary alicyclic amines) is 1. The fourth-order valence-electron chi connectivity index (χ4n) is 2.88. The highest BCUT2D eigenvalue weighted by Gasteiger charge is 2.26. The summed E-state index contributed by atoms with van der Waals surface area (Å²) in [5.74, 6) is 0.673. The SMILES string of the molecule is Cn1nccc1C(=O)N1CCC[C@@H](COc2ccc(F)cc2)C1. The molecule has 1 fully saturated rings. The molecule has 0 bridgehead atoms. The van der Waals surface area contributed by atoms with Gasteiger partial charge < -0.3 is 9.64 Å². The summed E-state index contributed by atoms with van der Waals surface area (Å²) in [5.41, 5.74) is 0.602. The molecule has 0 saturated carbocycles. The van der Waals surface area contributed by atoms with Crippen LogP contribution in [0.1, 0.15) is 23.3 Å². The van der Waals surface area contributed by atoms with Gasteiger partial charge in [0.1, 0.15) is 17.3 Å². The van der Waals surface area contributed by atoms with Crippen LogP contribution in [0, 0.1) is 11.7 Å². The van der Waals surface area contributed by atoms with E-state index in [0.29, 0.717) is 24.6 Å². The summed E-state index contributed by atoms with van der Waals surface area (Å²) < 4.78 is 20.2. The smallest absolute Gasteiger partial charge is 0.272 e. The number of benzene rings is 1. The number of piperidine rings is 1. The zero-order valence-corrected chi connectivity index (χ0v) is 13.1. The summed E-state index contributed by atoms with van der Waals surface area (Å²) in [6, 6.07) is 7.75. The number of amides is 1. The number of ether oxygens (including phenoxy) is 1. The van der Waals surface area contributed by atoms with Gasteiger partial charge in [0, 0.05) is 32.3 Å². The zero-order chi connectivity index (χ0) is 16.2. The van der Waals surface area contributed by atoms with Crippen LogP contribution < -0.4 is 4.74 Å². The summed E-state index contributed by atoms with van der Waals surface area (Å²) in [6.45, 7) is 1.96. The van der Waals surface area contributed by atoms with E-state index in [1.807, 2.05) is 4.90 Å². The normalized spacial score (nSPS) is 18.0. The van der Waals surface area contributed by atoms with Crippen LogP contribution >= 0.6 is 0 Å². The molecule has 1 saturated heterocycles. The van der Waals surface area contributed by atoms with Crippen LogP contribution in [0.3, 0.4) is 0 Å². The molecule has 0 unspecified atom stereocenters. The molecule has 5 nitrogen and oxygen atoms in total. The Morgan fingerprint density at radius 2 is 2.13 bits per heavy atom. The van der Waals surface area contributed by atoms with Crippen molar-refractivity contribution in [2.45, 2.75) is 12.8 Å². The predicted molar refractivity (Wildman–Crippen MR) is 83.7 cm³/mol. The van der Waals surface area contributed by atoms with E-state index in [0.717, 1.165) is 19.4 Å². The third kappa shape index (κ3) is 3.70. The molecule has 0 radical (unpaired) electrons. The van der Waals surface area contributed by atoms with Crippen LogP contribution in [-0.2, 0) is 7.05 Å². The molecule has 0 spiro atoms. The zero-order valence-electron chi connectivity index (χ0n) is 13.1. The van der Waals surface area contributed by atoms with Crippen LogP contribution in [-0.4, -0.2) is 40.3 Å².